The first-order valence-electron chi connectivity index (χ1n) is 7.14. The van der Waals surface area contributed by atoms with E-state index in [4.69, 9.17) is 0 Å². The molecule has 0 saturated carbocycles. The van der Waals surface area contributed by atoms with Crippen molar-refractivity contribution in [3.8, 4) is 0 Å². The molecule has 1 aliphatic heterocycles. The van der Waals surface area contributed by atoms with E-state index >= 15 is 0 Å². The van der Waals surface area contributed by atoms with E-state index in [0.29, 0.717) is 0 Å². The second-order valence-corrected chi connectivity index (χ2v) is 5.36. The lowest BCUT2D eigenvalue weighted by molar-refractivity contribution is 0.338. The number of benzene rings is 1. The Morgan fingerprint density at radius 1 is 1.11 bits per heavy atom. The Bertz CT molecular complexity index is 611. The first-order valence-corrected chi connectivity index (χ1v) is 7.14. The quantitative estimate of drug-likeness (QED) is 0.915. The fourth-order valence-corrected chi connectivity index (χ4v) is 2.96. The zero-order valence-electron chi connectivity index (χ0n) is 11.1. The van der Waals surface area contributed by atoms with Crippen LogP contribution in [0.4, 0.5) is 0 Å². The largest absolute Gasteiger partial charge is 0.317 e. The van der Waals surface area contributed by atoms with Gasteiger partial charge < -0.3 is 9.88 Å². The fourth-order valence-electron chi connectivity index (χ4n) is 2.96. The maximum absolute atomic E-state index is 12.1. The molecule has 3 nitrogen and oxygen atoms in total. The first kappa shape index (κ1) is 12.4. The molecule has 1 aromatic heterocycles. The van der Waals surface area contributed by atoms with Crippen LogP contribution in [0.1, 0.15) is 19.3 Å². The predicted molar refractivity (Wildman–Crippen MR) is 78.4 cm³/mol. The van der Waals surface area contributed by atoms with Crippen LogP contribution in [0.5, 0.6) is 0 Å². The number of aryl methyl sites for hydroxylation is 1. The minimum Gasteiger partial charge on any atom is -0.317 e. The Hall–Kier alpha value is -1.61. The van der Waals surface area contributed by atoms with Gasteiger partial charge in [-0.2, -0.15) is 0 Å². The molecular formula is C16H20N2O. The molecule has 0 bridgehead atoms. The minimum absolute atomic E-state index is 0.118. The van der Waals surface area contributed by atoms with Crippen molar-refractivity contribution in [2.45, 2.75) is 25.8 Å². The van der Waals surface area contributed by atoms with Crippen molar-refractivity contribution in [2.24, 2.45) is 5.92 Å². The van der Waals surface area contributed by atoms with Crippen molar-refractivity contribution >= 4 is 10.9 Å². The lowest BCUT2D eigenvalue weighted by atomic mass is 9.94. The highest BCUT2D eigenvalue weighted by Crippen LogP contribution is 2.18. The highest BCUT2D eigenvalue weighted by atomic mass is 16.1. The van der Waals surface area contributed by atoms with Crippen LogP contribution < -0.4 is 10.9 Å². The van der Waals surface area contributed by atoms with Crippen molar-refractivity contribution in [1.29, 1.82) is 0 Å². The van der Waals surface area contributed by atoms with Gasteiger partial charge in [0.1, 0.15) is 0 Å². The molecule has 3 heteroatoms. The number of hydrogen-bond acceptors (Lipinski definition) is 2. The molecule has 0 amide bonds. The van der Waals surface area contributed by atoms with Crippen LogP contribution >= 0.6 is 0 Å². The van der Waals surface area contributed by atoms with Crippen molar-refractivity contribution in [3.05, 3.63) is 46.8 Å². The Morgan fingerprint density at radius 3 is 2.74 bits per heavy atom. The van der Waals surface area contributed by atoms with E-state index in [1.54, 1.807) is 6.07 Å². The molecule has 1 saturated heterocycles. The fraction of sp³-hybridized carbons (Fsp3) is 0.438. The number of piperidine rings is 1. The summed E-state index contributed by atoms with van der Waals surface area (Å²) >= 11 is 0. The van der Waals surface area contributed by atoms with Gasteiger partial charge >= 0.3 is 0 Å². The van der Waals surface area contributed by atoms with Gasteiger partial charge in [0.25, 0.3) is 5.56 Å². The maximum atomic E-state index is 12.1. The summed E-state index contributed by atoms with van der Waals surface area (Å²) in [6, 6.07) is 11.7. The molecule has 2 aromatic rings. The molecule has 0 atom stereocenters. The van der Waals surface area contributed by atoms with Crippen LogP contribution in [0.15, 0.2) is 41.2 Å². The van der Waals surface area contributed by atoms with Crippen LogP contribution in [-0.2, 0) is 6.54 Å². The number of aromatic nitrogens is 1. The normalized spacial score (nSPS) is 16.8. The maximum Gasteiger partial charge on any atom is 0.251 e. The molecule has 3 rings (SSSR count). The number of fused-ring (bicyclic) bond motifs is 1. The van der Waals surface area contributed by atoms with E-state index in [9.17, 15) is 4.79 Å². The Kier molecular flexibility index (Phi) is 3.65. The SMILES string of the molecule is O=c1ccc2ccccc2n1CCC1CCNCC1. The van der Waals surface area contributed by atoms with E-state index < -0.39 is 0 Å². The van der Waals surface area contributed by atoms with E-state index in [-0.39, 0.29) is 5.56 Å². The lowest BCUT2D eigenvalue weighted by Crippen LogP contribution is -2.29. The molecule has 2 heterocycles. The highest BCUT2D eigenvalue weighted by molar-refractivity contribution is 5.78. The summed E-state index contributed by atoms with van der Waals surface area (Å²) < 4.78 is 1.93. The molecule has 1 N–H and O–H groups in total. The highest BCUT2D eigenvalue weighted by Gasteiger charge is 2.13. The third kappa shape index (κ3) is 2.71. The Morgan fingerprint density at radius 2 is 1.89 bits per heavy atom. The van der Waals surface area contributed by atoms with E-state index in [2.05, 4.69) is 11.4 Å². The number of para-hydroxylation sites is 1. The molecule has 0 spiro atoms. The summed E-state index contributed by atoms with van der Waals surface area (Å²) in [7, 11) is 0. The number of rotatable bonds is 3. The minimum atomic E-state index is 0.118. The topological polar surface area (TPSA) is 34.0 Å². The molecule has 1 aromatic carbocycles. The van der Waals surface area contributed by atoms with Gasteiger partial charge in [0.15, 0.2) is 0 Å². The molecule has 0 unspecified atom stereocenters. The summed E-state index contributed by atoms with van der Waals surface area (Å²) in [4.78, 5) is 12.1. The summed E-state index contributed by atoms with van der Waals surface area (Å²) in [5.41, 5.74) is 1.18. The number of nitrogens with one attached hydrogen (secondary N) is 1. The lowest BCUT2D eigenvalue weighted by Gasteiger charge is -2.23. The average molecular weight is 256 g/mol. The van der Waals surface area contributed by atoms with Crippen LogP contribution in [0.3, 0.4) is 0 Å². The molecule has 1 fully saturated rings. The van der Waals surface area contributed by atoms with Gasteiger partial charge in [-0.15, -0.1) is 0 Å². The van der Waals surface area contributed by atoms with Crippen molar-refractivity contribution < 1.29 is 0 Å². The van der Waals surface area contributed by atoms with Crippen molar-refractivity contribution in [3.63, 3.8) is 0 Å². The summed E-state index contributed by atoms with van der Waals surface area (Å²) in [5, 5.41) is 4.53. The second-order valence-electron chi connectivity index (χ2n) is 5.36. The molecule has 0 radical (unpaired) electrons. The number of hydrogen-bond donors (Lipinski definition) is 1. The zero-order chi connectivity index (χ0) is 13.1. The third-order valence-electron chi connectivity index (χ3n) is 4.12. The third-order valence-corrected chi connectivity index (χ3v) is 4.12. The average Bonchev–Trinajstić information content (AvgIpc) is 2.47. The molecule has 100 valence electrons. The van der Waals surface area contributed by atoms with E-state index in [1.165, 1.54) is 12.8 Å². The second kappa shape index (κ2) is 5.57. The summed E-state index contributed by atoms with van der Waals surface area (Å²) in [6.45, 7) is 3.08. The van der Waals surface area contributed by atoms with Crippen molar-refractivity contribution in [2.75, 3.05) is 13.1 Å². The van der Waals surface area contributed by atoms with E-state index in [0.717, 1.165) is 42.9 Å². The zero-order valence-corrected chi connectivity index (χ0v) is 11.1. The predicted octanol–water partition coefficient (Wildman–Crippen LogP) is 2.39. The first-order chi connectivity index (χ1) is 9.34. The number of nitrogens with zero attached hydrogens (tertiary/aromatic N) is 1. The van der Waals surface area contributed by atoms with Gasteiger partial charge in [-0.25, -0.2) is 0 Å². The van der Waals surface area contributed by atoms with Gasteiger partial charge in [0.2, 0.25) is 0 Å². The standard InChI is InChI=1S/C16H20N2O/c19-16-6-5-14-3-1-2-4-15(14)18(16)12-9-13-7-10-17-11-8-13/h1-6,13,17H,7-12H2. The molecule has 0 aliphatic carbocycles. The summed E-state index contributed by atoms with van der Waals surface area (Å²) in [5.74, 6) is 0.757. The van der Waals surface area contributed by atoms with E-state index in [1.807, 2.05) is 28.8 Å². The molecule has 19 heavy (non-hydrogen) atoms. The number of pyridine rings is 1. The van der Waals surface area contributed by atoms with Crippen molar-refractivity contribution in [1.82, 2.24) is 9.88 Å². The molecule has 1 aliphatic rings. The van der Waals surface area contributed by atoms with Gasteiger partial charge in [0, 0.05) is 12.6 Å². The Balaban J connectivity index is 1.83. The van der Waals surface area contributed by atoms with Crippen LogP contribution in [-0.4, -0.2) is 17.7 Å². The smallest absolute Gasteiger partial charge is 0.251 e. The van der Waals surface area contributed by atoms with Gasteiger partial charge in [-0.3, -0.25) is 4.79 Å². The van der Waals surface area contributed by atoms with Gasteiger partial charge in [-0.05, 0) is 55.8 Å². The van der Waals surface area contributed by atoms with Gasteiger partial charge in [0.05, 0.1) is 5.52 Å². The summed E-state index contributed by atoms with van der Waals surface area (Å²) in [6.07, 6.45) is 3.58. The van der Waals surface area contributed by atoms with Crippen LogP contribution in [0.2, 0.25) is 0 Å². The van der Waals surface area contributed by atoms with Crippen LogP contribution in [0.25, 0.3) is 10.9 Å². The molecular weight excluding hydrogens is 236 g/mol. The Labute approximate surface area is 113 Å². The monoisotopic (exact) mass is 256 g/mol. The van der Waals surface area contributed by atoms with Crippen LogP contribution in [0, 0.1) is 5.92 Å². The van der Waals surface area contributed by atoms with Gasteiger partial charge in [-0.1, -0.05) is 18.2 Å².